The van der Waals surface area contributed by atoms with Crippen LogP contribution in [0.5, 0.6) is 0 Å². The second-order valence-electron chi connectivity index (χ2n) is 6.53. The van der Waals surface area contributed by atoms with Crippen molar-refractivity contribution in [2.24, 2.45) is 0 Å². The number of benzene rings is 1. The van der Waals surface area contributed by atoms with Gasteiger partial charge in [0.2, 0.25) is 0 Å². The zero-order chi connectivity index (χ0) is 18.0. The van der Waals surface area contributed by atoms with Crippen LogP contribution >= 0.6 is 0 Å². The number of hydrogen-bond donors (Lipinski definition) is 3. The average Bonchev–Trinajstić information content (AvgIpc) is 3.01. The Kier molecular flexibility index (Phi) is 5.00. The fourth-order valence-electron chi connectivity index (χ4n) is 3.10. The fourth-order valence-corrected chi connectivity index (χ4v) is 3.10. The minimum Gasteiger partial charge on any atom is -0.474 e. The third kappa shape index (κ3) is 4.15. The van der Waals surface area contributed by atoms with E-state index >= 15 is 0 Å². The predicted molar refractivity (Wildman–Crippen MR) is 93.2 cm³/mol. The largest absolute Gasteiger partial charge is 0.474 e. The summed E-state index contributed by atoms with van der Waals surface area (Å²) in [5.74, 6) is -1.67. The maximum absolute atomic E-state index is 10.9. The first-order valence-electron chi connectivity index (χ1n) is 8.32. The quantitative estimate of drug-likeness (QED) is 0.755. The molecule has 0 radical (unpaired) electrons. The van der Waals surface area contributed by atoms with Crippen molar-refractivity contribution < 1.29 is 14.3 Å². The van der Waals surface area contributed by atoms with Gasteiger partial charge in [0.05, 0.1) is 0 Å². The van der Waals surface area contributed by atoms with E-state index in [1.807, 2.05) is 19.9 Å². The Morgan fingerprint density at radius 3 is 2.92 bits per heavy atom. The van der Waals surface area contributed by atoms with Crippen LogP contribution in [-0.4, -0.2) is 51.8 Å². The van der Waals surface area contributed by atoms with Gasteiger partial charge in [-0.2, -0.15) is 0 Å². The molecular formula is C17H23N5O3. The summed E-state index contributed by atoms with van der Waals surface area (Å²) in [6, 6.07) is 4.74. The van der Waals surface area contributed by atoms with Crippen LogP contribution < -0.4 is 10.6 Å². The lowest BCUT2D eigenvalue weighted by molar-refractivity contribution is 0.0654. The third-order valence-electron chi connectivity index (χ3n) is 4.36. The number of nitrogens with zero attached hydrogens (tertiary/aromatic N) is 3. The summed E-state index contributed by atoms with van der Waals surface area (Å²) in [5, 5.41) is 22.6. The third-order valence-corrected chi connectivity index (χ3v) is 4.36. The summed E-state index contributed by atoms with van der Waals surface area (Å²) in [7, 11) is 0. The number of hydrogen-bond acceptors (Lipinski definition) is 7. The molecule has 0 aliphatic carbocycles. The van der Waals surface area contributed by atoms with E-state index in [4.69, 9.17) is 9.52 Å². The molecule has 2 heterocycles. The van der Waals surface area contributed by atoms with Crippen LogP contribution in [0.3, 0.4) is 0 Å². The number of aromatic carboxylic acids is 1. The highest BCUT2D eigenvalue weighted by atomic mass is 16.4. The molecule has 134 valence electrons. The summed E-state index contributed by atoms with van der Waals surface area (Å²) in [4.78, 5) is 13.3. The number of carboxylic acids is 1. The van der Waals surface area contributed by atoms with Crippen molar-refractivity contribution in [2.75, 3.05) is 25.0 Å². The van der Waals surface area contributed by atoms with Crippen molar-refractivity contribution in [1.29, 1.82) is 0 Å². The van der Waals surface area contributed by atoms with Gasteiger partial charge in [-0.1, -0.05) is 16.3 Å². The molecule has 3 N–H and O–H groups in total. The van der Waals surface area contributed by atoms with Crippen molar-refractivity contribution in [2.45, 2.75) is 33.4 Å². The van der Waals surface area contributed by atoms with E-state index in [0.29, 0.717) is 6.04 Å². The van der Waals surface area contributed by atoms with Crippen LogP contribution in [0, 0.1) is 13.8 Å². The van der Waals surface area contributed by atoms with E-state index in [1.165, 1.54) is 5.56 Å². The Hall–Kier alpha value is -2.45. The van der Waals surface area contributed by atoms with Crippen LogP contribution in [0.25, 0.3) is 0 Å². The molecule has 8 nitrogen and oxygen atoms in total. The van der Waals surface area contributed by atoms with Crippen LogP contribution in [0.2, 0.25) is 0 Å². The zero-order valence-electron chi connectivity index (χ0n) is 14.7. The molecule has 8 heteroatoms. The number of rotatable bonds is 5. The topological polar surface area (TPSA) is 104 Å². The van der Waals surface area contributed by atoms with Gasteiger partial charge in [0.1, 0.15) is 0 Å². The molecule has 3 rings (SSSR count). The number of aromatic nitrogens is 2. The molecule has 1 aromatic carbocycles. The number of carbonyl (C=O) groups is 1. The number of anilines is 2. The molecular weight excluding hydrogens is 322 g/mol. The van der Waals surface area contributed by atoms with Gasteiger partial charge < -0.3 is 20.2 Å². The van der Waals surface area contributed by atoms with Crippen molar-refractivity contribution in [3.8, 4) is 0 Å². The molecule has 1 atom stereocenters. The van der Waals surface area contributed by atoms with Crippen LogP contribution in [0.1, 0.15) is 34.3 Å². The van der Waals surface area contributed by atoms with Crippen molar-refractivity contribution in [1.82, 2.24) is 20.4 Å². The molecule has 25 heavy (non-hydrogen) atoms. The first-order chi connectivity index (χ1) is 11.9. The van der Waals surface area contributed by atoms with Gasteiger partial charge >= 0.3 is 17.9 Å². The lowest BCUT2D eigenvalue weighted by Gasteiger charge is -2.32. The molecule has 0 bridgehead atoms. The van der Waals surface area contributed by atoms with E-state index in [9.17, 15) is 4.79 Å². The van der Waals surface area contributed by atoms with Gasteiger partial charge in [-0.05, 0) is 43.5 Å². The molecule has 1 aliphatic heterocycles. The normalized spacial score (nSPS) is 18.3. The first-order valence-corrected chi connectivity index (χ1v) is 8.32. The number of piperazine rings is 1. The van der Waals surface area contributed by atoms with Crippen LogP contribution in [0.4, 0.5) is 11.7 Å². The summed E-state index contributed by atoms with van der Waals surface area (Å²) in [6.45, 7) is 10.2. The van der Waals surface area contributed by atoms with Gasteiger partial charge in [0.25, 0.3) is 0 Å². The highest BCUT2D eigenvalue weighted by Gasteiger charge is 2.18. The zero-order valence-corrected chi connectivity index (χ0v) is 14.7. The summed E-state index contributed by atoms with van der Waals surface area (Å²) >= 11 is 0. The smallest absolute Gasteiger partial charge is 0.393 e. The van der Waals surface area contributed by atoms with Gasteiger partial charge in [-0.3, -0.25) is 4.90 Å². The van der Waals surface area contributed by atoms with E-state index < -0.39 is 11.9 Å². The van der Waals surface area contributed by atoms with Gasteiger partial charge in [-0.15, -0.1) is 0 Å². The minimum absolute atomic E-state index is 0.0767. The second kappa shape index (κ2) is 7.20. The maximum Gasteiger partial charge on any atom is 0.393 e. The molecule has 0 spiro atoms. The summed E-state index contributed by atoms with van der Waals surface area (Å²) in [5.41, 5.74) is 4.28. The number of nitrogens with one attached hydrogen (secondary N) is 2. The highest BCUT2D eigenvalue weighted by molar-refractivity contribution is 5.82. The highest BCUT2D eigenvalue weighted by Crippen LogP contribution is 2.26. The first kappa shape index (κ1) is 17.4. The Labute approximate surface area is 146 Å². The molecule has 0 saturated carbocycles. The van der Waals surface area contributed by atoms with E-state index in [0.717, 1.165) is 43.0 Å². The second-order valence-corrected chi connectivity index (χ2v) is 6.53. The van der Waals surface area contributed by atoms with E-state index in [1.54, 1.807) is 0 Å². The standard InChI is InChI=1S/C17H23N5O3/c1-10-6-13(9-22-5-4-18-11(2)8-22)12(3)14(7-10)19-17-21-20-15(25-17)16(23)24/h6-7,11,18H,4-5,8-9H2,1-3H3,(H,19,21)(H,23,24)/t11-/m0/s1. The summed E-state index contributed by atoms with van der Waals surface area (Å²) in [6.07, 6.45) is 0. The van der Waals surface area contributed by atoms with Gasteiger partial charge in [0, 0.05) is 37.9 Å². The molecule has 1 aliphatic rings. The van der Waals surface area contributed by atoms with Crippen molar-refractivity contribution in [3.05, 3.63) is 34.7 Å². The van der Waals surface area contributed by atoms with E-state index in [-0.39, 0.29) is 6.01 Å². The van der Waals surface area contributed by atoms with Crippen molar-refractivity contribution >= 4 is 17.7 Å². The van der Waals surface area contributed by atoms with Crippen molar-refractivity contribution in [3.63, 3.8) is 0 Å². The Balaban J connectivity index is 1.80. The number of aryl methyl sites for hydroxylation is 1. The SMILES string of the molecule is Cc1cc(CN2CCN[C@@H](C)C2)c(C)c(Nc2nnc(C(=O)O)o2)c1. The lowest BCUT2D eigenvalue weighted by Crippen LogP contribution is -2.48. The molecule has 0 amide bonds. The molecule has 0 unspecified atom stereocenters. The minimum atomic E-state index is -1.24. The predicted octanol–water partition coefficient (Wildman–Crippen LogP) is 1.92. The van der Waals surface area contributed by atoms with Crippen LogP contribution in [0.15, 0.2) is 16.5 Å². The van der Waals surface area contributed by atoms with Gasteiger partial charge in [-0.25, -0.2) is 4.79 Å². The Morgan fingerprint density at radius 1 is 1.44 bits per heavy atom. The molecule has 1 fully saturated rings. The molecule has 2 aromatic rings. The summed E-state index contributed by atoms with van der Waals surface area (Å²) < 4.78 is 5.10. The Morgan fingerprint density at radius 2 is 2.24 bits per heavy atom. The monoisotopic (exact) mass is 345 g/mol. The Bertz CT molecular complexity index is 774. The van der Waals surface area contributed by atoms with Gasteiger partial charge in [0.15, 0.2) is 0 Å². The fraction of sp³-hybridized carbons (Fsp3) is 0.471. The van der Waals surface area contributed by atoms with E-state index in [2.05, 4.69) is 38.7 Å². The average molecular weight is 345 g/mol. The molecule has 1 aromatic heterocycles. The lowest BCUT2D eigenvalue weighted by atomic mass is 10.0. The number of carboxylic acid groups (broad SMARTS) is 1. The maximum atomic E-state index is 10.9. The van der Waals surface area contributed by atoms with Crippen LogP contribution in [-0.2, 0) is 6.54 Å². The molecule has 1 saturated heterocycles.